The number of nitrogens with one attached hydrogen (secondary N) is 1. The first-order chi connectivity index (χ1) is 9.70. The molecule has 0 fully saturated rings. The SMILES string of the molecule is O=C(NO)C1=CCC(CCC(=O)c2ccccc2)C=C1. The van der Waals surface area contributed by atoms with Crippen molar-refractivity contribution in [3.63, 3.8) is 0 Å². The molecule has 1 amide bonds. The molecular formula is C16H17NO3. The van der Waals surface area contributed by atoms with Crippen molar-refractivity contribution in [1.82, 2.24) is 5.48 Å². The Morgan fingerprint density at radius 2 is 2.00 bits per heavy atom. The molecule has 1 aromatic rings. The van der Waals surface area contributed by atoms with Crippen molar-refractivity contribution in [2.24, 2.45) is 5.92 Å². The molecule has 1 aromatic carbocycles. The van der Waals surface area contributed by atoms with Crippen LogP contribution in [0.5, 0.6) is 0 Å². The van der Waals surface area contributed by atoms with Crippen molar-refractivity contribution in [2.75, 3.05) is 0 Å². The van der Waals surface area contributed by atoms with Crippen LogP contribution in [0.3, 0.4) is 0 Å². The Morgan fingerprint density at radius 3 is 2.60 bits per heavy atom. The maximum Gasteiger partial charge on any atom is 0.274 e. The van der Waals surface area contributed by atoms with Crippen molar-refractivity contribution in [3.05, 3.63) is 59.7 Å². The zero-order valence-corrected chi connectivity index (χ0v) is 11.1. The highest BCUT2D eigenvalue weighted by molar-refractivity contribution is 5.96. The molecule has 1 unspecified atom stereocenters. The molecule has 0 aromatic heterocycles. The maximum absolute atomic E-state index is 12.0. The van der Waals surface area contributed by atoms with E-state index in [9.17, 15) is 9.59 Å². The molecule has 1 aliphatic carbocycles. The Bertz CT molecular complexity index is 546. The molecule has 0 spiro atoms. The third-order valence-corrected chi connectivity index (χ3v) is 3.39. The van der Waals surface area contributed by atoms with Crippen LogP contribution in [0.15, 0.2) is 54.1 Å². The number of carbonyl (C=O) groups excluding carboxylic acids is 2. The Labute approximate surface area is 117 Å². The molecule has 0 saturated carbocycles. The van der Waals surface area contributed by atoms with Crippen LogP contribution < -0.4 is 5.48 Å². The Kier molecular flexibility index (Phi) is 4.85. The fourth-order valence-corrected chi connectivity index (χ4v) is 2.20. The summed E-state index contributed by atoms with van der Waals surface area (Å²) < 4.78 is 0. The first-order valence-electron chi connectivity index (χ1n) is 6.61. The Hall–Kier alpha value is -2.20. The largest absolute Gasteiger partial charge is 0.294 e. The number of Topliss-reactive ketones (excluding diaryl/α,β-unsaturated/α-hetero) is 1. The minimum Gasteiger partial charge on any atom is -0.294 e. The number of allylic oxidation sites excluding steroid dienone is 2. The van der Waals surface area contributed by atoms with Crippen molar-refractivity contribution in [3.8, 4) is 0 Å². The van der Waals surface area contributed by atoms with Gasteiger partial charge >= 0.3 is 0 Å². The van der Waals surface area contributed by atoms with Crippen molar-refractivity contribution in [1.29, 1.82) is 0 Å². The lowest BCUT2D eigenvalue weighted by Gasteiger charge is -2.14. The van der Waals surface area contributed by atoms with Crippen molar-refractivity contribution >= 4 is 11.7 Å². The number of amides is 1. The lowest BCUT2D eigenvalue weighted by Crippen LogP contribution is -2.21. The molecule has 2 rings (SSSR count). The quantitative estimate of drug-likeness (QED) is 0.491. The van der Waals surface area contributed by atoms with Gasteiger partial charge in [-0.15, -0.1) is 0 Å². The number of rotatable bonds is 5. The van der Waals surface area contributed by atoms with Gasteiger partial charge in [-0.3, -0.25) is 14.8 Å². The summed E-state index contributed by atoms with van der Waals surface area (Å²) in [4.78, 5) is 23.2. The summed E-state index contributed by atoms with van der Waals surface area (Å²) in [5, 5.41) is 8.54. The van der Waals surface area contributed by atoms with Crippen LogP contribution in [-0.2, 0) is 4.79 Å². The number of carbonyl (C=O) groups is 2. The highest BCUT2D eigenvalue weighted by atomic mass is 16.5. The molecule has 1 atom stereocenters. The average Bonchev–Trinajstić information content (AvgIpc) is 2.53. The van der Waals surface area contributed by atoms with Crippen LogP contribution in [0.2, 0.25) is 0 Å². The highest BCUT2D eigenvalue weighted by Crippen LogP contribution is 2.22. The van der Waals surface area contributed by atoms with Gasteiger partial charge in [-0.05, 0) is 18.8 Å². The number of hydroxylamine groups is 1. The van der Waals surface area contributed by atoms with Crippen LogP contribution >= 0.6 is 0 Å². The lowest BCUT2D eigenvalue weighted by atomic mass is 9.91. The minimum atomic E-state index is -0.500. The van der Waals surface area contributed by atoms with Gasteiger partial charge in [-0.25, -0.2) is 5.48 Å². The smallest absolute Gasteiger partial charge is 0.274 e. The van der Waals surface area contributed by atoms with Gasteiger partial charge in [0.25, 0.3) is 5.91 Å². The van der Waals surface area contributed by atoms with Crippen LogP contribution in [0.25, 0.3) is 0 Å². The third-order valence-electron chi connectivity index (χ3n) is 3.39. The predicted octanol–water partition coefficient (Wildman–Crippen LogP) is 2.66. The van der Waals surface area contributed by atoms with Gasteiger partial charge < -0.3 is 0 Å². The van der Waals surface area contributed by atoms with E-state index in [1.165, 1.54) is 0 Å². The van der Waals surface area contributed by atoms with Gasteiger partial charge in [0, 0.05) is 17.6 Å². The van der Waals surface area contributed by atoms with E-state index in [1.807, 2.05) is 36.4 Å². The molecule has 0 saturated heterocycles. The lowest BCUT2D eigenvalue weighted by molar-refractivity contribution is -0.124. The van der Waals surface area contributed by atoms with E-state index in [1.54, 1.807) is 17.6 Å². The van der Waals surface area contributed by atoms with E-state index in [2.05, 4.69) is 0 Å². The van der Waals surface area contributed by atoms with Crippen molar-refractivity contribution < 1.29 is 14.8 Å². The second kappa shape index (κ2) is 6.82. The summed E-state index contributed by atoms with van der Waals surface area (Å²) in [7, 11) is 0. The number of benzene rings is 1. The average molecular weight is 271 g/mol. The third kappa shape index (κ3) is 3.65. The maximum atomic E-state index is 12.0. The van der Waals surface area contributed by atoms with Crippen LogP contribution in [0.4, 0.5) is 0 Å². The zero-order chi connectivity index (χ0) is 14.4. The zero-order valence-electron chi connectivity index (χ0n) is 11.1. The summed E-state index contributed by atoms with van der Waals surface area (Å²) in [5.41, 5.74) is 2.80. The molecule has 2 N–H and O–H groups in total. The molecule has 1 aliphatic rings. The van der Waals surface area contributed by atoms with Crippen LogP contribution in [0, 0.1) is 5.92 Å². The molecule has 0 heterocycles. The van der Waals surface area contributed by atoms with E-state index in [-0.39, 0.29) is 11.7 Å². The predicted molar refractivity (Wildman–Crippen MR) is 75.3 cm³/mol. The molecule has 104 valence electrons. The molecular weight excluding hydrogens is 254 g/mol. The second-order valence-electron chi connectivity index (χ2n) is 4.78. The number of hydrogen-bond acceptors (Lipinski definition) is 3. The monoisotopic (exact) mass is 271 g/mol. The van der Waals surface area contributed by atoms with Gasteiger partial charge in [-0.1, -0.05) is 48.6 Å². The first kappa shape index (κ1) is 14.2. The summed E-state index contributed by atoms with van der Waals surface area (Å²) in [6, 6.07) is 9.25. The second-order valence-corrected chi connectivity index (χ2v) is 4.78. The van der Waals surface area contributed by atoms with E-state index in [4.69, 9.17) is 5.21 Å². The van der Waals surface area contributed by atoms with E-state index in [0.29, 0.717) is 18.4 Å². The Balaban J connectivity index is 1.83. The summed E-state index contributed by atoms with van der Waals surface area (Å²) in [5.74, 6) is -0.0974. The summed E-state index contributed by atoms with van der Waals surface area (Å²) >= 11 is 0. The minimum absolute atomic E-state index is 0.141. The van der Waals surface area contributed by atoms with Crippen LogP contribution in [-0.4, -0.2) is 16.9 Å². The highest BCUT2D eigenvalue weighted by Gasteiger charge is 2.14. The van der Waals surface area contributed by atoms with Crippen molar-refractivity contribution in [2.45, 2.75) is 19.3 Å². The fraction of sp³-hybridized carbons (Fsp3) is 0.250. The molecule has 0 aliphatic heterocycles. The molecule has 20 heavy (non-hydrogen) atoms. The summed E-state index contributed by atoms with van der Waals surface area (Å²) in [6.07, 6.45) is 7.35. The molecule has 0 radical (unpaired) electrons. The normalized spacial score (nSPS) is 17.4. The van der Waals surface area contributed by atoms with Gasteiger partial charge in [-0.2, -0.15) is 0 Å². The van der Waals surface area contributed by atoms with Crippen LogP contribution in [0.1, 0.15) is 29.6 Å². The molecule has 4 nitrogen and oxygen atoms in total. The van der Waals surface area contributed by atoms with Gasteiger partial charge in [0.15, 0.2) is 5.78 Å². The molecule has 0 bridgehead atoms. The van der Waals surface area contributed by atoms with E-state index in [0.717, 1.165) is 12.0 Å². The first-order valence-corrected chi connectivity index (χ1v) is 6.61. The summed E-state index contributed by atoms with van der Waals surface area (Å²) in [6.45, 7) is 0. The van der Waals surface area contributed by atoms with Gasteiger partial charge in [0.1, 0.15) is 0 Å². The molecule has 4 heteroatoms. The van der Waals surface area contributed by atoms with E-state index < -0.39 is 5.91 Å². The fourth-order valence-electron chi connectivity index (χ4n) is 2.20. The number of ketones is 1. The van der Waals surface area contributed by atoms with Gasteiger partial charge in [0.05, 0.1) is 0 Å². The standard InChI is InChI=1S/C16H17NO3/c18-15(13-4-2-1-3-5-13)11-8-12-6-9-14(10-7-12)16(19)17-20/h1-6,9-10,12,20H,7-8,11H2,(H,17,19). The van der Waals surface area contributed by atoms with E-state index >= 15 is 0 Å². The van der Waals surface area contributed by atoms with Gasteiger partial charge in [0.2, 0.25) is 0 Å². The Morgan fingerprint density at radius 1 is 1.25 bits per heavy atom. The number of hydrogen-bond donors (Lipinski definition) is 2. The topological polar surface area (TPSA) is 66.4 Å².